The van der Waals surface area contributed by atoms with Gasteiger partial charge in [-0.25, -0.2) is 0 Å². The van der Waals surface area contributed by atoms with E-state index >= 15 is 0 Å². The molecule has 13 heavy (non-hydrogen) atoms. The van der Waals surface area contributed by atoms with Crippen LogP contribution < -0.4 is 0 Å². The fourth-order valence-corrected chi connectivity index (χ4v) is 3.09. The second-order valence-corrected chi connectivity index (χ2v) is 6.54. The molecular weight excluding hydrogens is 283 g/mol. The van der Waals surface area contributed by atoms with E-state index in [1.807, 2.05) is 0 Å². The van der Waals surface area contributed by atoms with Gasteiger partial charge in [0.15, 0.2) is 0 Å². The van der Waals surface area contributed by atoms with Gasteiger partial charge in [0, 0.05) is 0 Å². The van der Waals surface area contributed by atoms with Crippen molar-refractivity contribution in [3.63, 3.8) is 0 Å². The maximum atomic E-state index is 11.0. The van der Waals surface area contributed by atoms with E-state index in [9.17, 15) is 12.7 Å². The van der Waals surface area contributed by atoms with Crippen LogP contribution in [0.25, 0.3) is 0 Å². The molecule has 5 nitrogen and oxygen atoms in total. The first-order valence-electron chi connectivity index (χ1n) is 3.87. The van der Waals surface area contributed by atoms with E-state index in [0.717, 1.165) is 0 Å². The molecular formula is C7H12O5Sn. The van der Waals surface area contributed by atoms with E-state index in [1.54, 1.807) is 0 Å². The molecule has 0 rings (SSSR count). The van der Waals surface area contributed by atoms with E-state index in [1.165, 1.54) is 13.8 Å². The van der Waals surface area contributed by atoms with E-state index in [0.29, 0.717) is 10.9 Å². The minimum absolute atomic E-state index is 0.239. The summed E-state index contributed by atoms with van der Waals surface area (Å²) in [5.74, 6) is -0.861. The maximum absolute atomic E-state index is 11.0. The van der Waals surface area contributed by atoms with Crippen LogP contribution in [-0.4, -0.2) is 38.7 Å². The third-order valence-corrected chi connectivity index (χ3v) is 4.73. The van der Waals surface area contributed by atoms with Crippen molar-refractivity contribution in [2.24, 2.45) is 0 Å². The van der Waals surface area contributed by atoms with Crippen LogP contribution in [-0.2, 0) is 20.5 Å². The first kappa shape index (κ1) is 12.5. The zero-order valence-corrected chi connectivity index (χ0v) is 10.5. The summed E-state index contributed by atoms with van der Waals surface area (Å²) < 4.78 is 20.5. The monoisotopic (exact) mass is 296 g/mol. The van der Waals surface area contributed by atoms with Gasteiger partial charge in [-0.3, -0.25) is 0 Å². The van der Waals surface area contributed by atoms with Crippen LogP contribution in [0.5, 0.6) is 0 Å². The zero-order chi connectivity index (χ0) is 10.3. The van der Waals surface area contributed by atoms with Crippen LogP contribution in [0.1, 0.15) is 20.3 Å². The third kappa shape index (κ3) is 9.45. The summed E-state index contributed by atoms with van der Waals surface area (Å²) in [6, 6.07) is 0. The molecule has 0 aromatic heterocycles. The second kappa shape index (κ2) is 6.99. The number of hydrogen-bond acceptors (Lipinski definition) is 5. The topological polar surface area (TPSA) is 69.7 Å². The second-order valence-electron chi connectivity index (χ2n) is 2.41. The van der Waals surface area contributed by atoms with Crippen molar-refractivity contribution in [1.82, 2.24) is 0 Å². The molecule has 6 heteroatoms. The van der Waals surface area contributed by atoms with Crippen molar-refractivity contribution in [2.75, 3.05) is 6.61 Å². The van der Waals surface area contributed by atoms with Crippen LogP contribution in [0.15, 0.2) is 0 Å². The summed E-state index contributed by atoms with van der Waals surface area (Å²) in [5.41, 5.74) is 0. The number of carbonyl (C=O) groups is 2. The molecule has 0 aromatic carbocycles. The molecule has 0 aliphatic carbocycles. The van der Waals surface area contributed by atoms with Crippen molar-refractivity contribution in [2.45, 2.75) is 24.7 Å². The zero-order valence-electron chi connectivity index (χ0n) is 7.66. The predicted molar refractivity (Wildman–Crippen MR) is 44.3 cm³/mol. The summed E-state index contributed by atoms with van der Waals surface area (Å²) in [4.78, 5) is 20.6. The van der Waals surface area contributed by atoms with Gasteiger partial charge >= 0.3 is 83.9 Å². The summed E-state index contributed by atoms with van der Waals surface area (Å²) in [6.07, 6.45) is 0.491. The fourth-order valence-electron chi connectivity index (χ4n) is 0.644. The summed E-state index contributed by atoms with van der Waals surface area (Å²) >= 11 is -3.14. The Morgan fingerprint density at radius 2 is 1.85 bits per heavy atom. The molecule has 0 atom stereocenters. The Hall–Kier alpha value is -0.461. The van der Waals surface area contributed by atoms with Crippen LogP contribution in [0.3, 0.4) is 0 Å². The van der Waals surface area contributed by atoms with Gasteiger partial charge in [0.2, 0.25) is 0 Å². The van der Waals surface area contributed by atoms with E-state index in [2.05, 4.69) is 7.81 Å². The summed E-state index contributed by atoms with van der Waals surface area (Å²) in [6.45, 7) is 2.77. The molecule has 0 N–H and O–H groups in total. The predicted octanol–water partition coefficient (Wildman–Crippen LogP) is 0.421. The van der Waals surface area contributed by atoms with Crippen LogP contribution in [0.2, 0.25) is 4.44 Å². The van der Waals surface area contributed by atoms with Gasteiger partial charge in [-0.05, 0) is 0 Å². The Morgan fingerprint density at radius 3 is 2.31 bits per heavy atom. The number of esters is 1. The van der Waals surface area contributed by atoms with Crippen LogP contribution in [0, 0.1) is 0 Å². The molecule has 0 aliphatic rings. The van der Waals surface area contributed by atoms with Gasteiger partial charge in [-0.15, -0.1) is 0 Å². The SMILES string of the molecule is CC(=O)OCC[CH2][Sn](=[O])[O]C(C)=O. The van der Waals surface area contributed by atoms with Gasteiger partial charge in [0.1, 0.15) is 0 Å². The normalized spacial score (nSPS) is 9.08. The summed E-state index contributed by atoms with van der Waals surface area (Å²) in [7, 11) is 0. The number of ether oxygens (including phenoxy) is 1. The Bertz CT molecular complexity index is 213. The Kier molecular flexibility index (Phi) is 6.74. The first-order chi connectivity index (χ1) is 6.02. The fraction of sp³-hybridized carbons (Fsp3) is 0.714. The number of carbonyl (C=O) groups excluding carboxylic acids is 2. The van der Waals surface area contributed by atoms with Gasteiger partial charge in [0.05, 0.1) is 0 Å². The average Bonchev–Trinajstić information content (AvgIpc) is 1.96. The third-order valence-electron chi connectivity index (χ3n) is 1.09. The molecule has 0 unspecified atom stereocenters. The van der Waals surface area contributed by atoms with Crippen molar-refractivity contribution >= 4 is 32.1 Å². The minimum atomic E-state index is -3.14. The van der Waals surface area contributed by atoms with Gasteiger partial charge < -0.3 is 0 Å². The first-order valence-corrected chi connectivity index (χ1v) is 8.22. The molecule has 0 amide bonds. The number of hydrogen-bond donors (Lipinski definition) is 0. The Labute approximate surface area is 84.1 Å². The van der Waals surface area contributed by atoms with Crippen LogP contribution in [0.4, 0.5) is 0 Å². The molecule has 0 aliphatic heterocycles. The average molecular weight is 295 g/mol. The molecule has 0 aromatic rings. The van der Waals surface area contributed by atoms with Crippen molar-refractivity contribution in [3.8, 4) is 0 Å². The molecule has 74 valence electrons. The Balaban J connectivity index is 3.37. The molecule has 0 bridgehead atoms. The van der Waals surface area contributed by atoms with Crippen molar-refractivity contribution in [3.05, 3.63) is 0 Å². The quantitative estimate of drug-likeness (QED) is 0.418. The standard InChI is InChI=1S/C5H9O2.C2H4O2.O.Sn/c1-3-4-7-5(2)6;1-2(3)4;;/h1,3-4H2,2H3;1H3,(H,3,4);;/q;;;+1/p-1. The molecule has 0 radical (unpaired) electrons. The summed E-state index contributed by atoms with van der Waals surface area (Å²) in [5, 5.41) is 0. The van der Waals surface area contributed by atoms with E-state index < -0.39 is 26.1 Å². The van der Waals surface area contributed by atoms with E-state index in [4.69, 9.17) is 0 Å². The molecule has 0 spiro atoms. The molecule has 0 saturated heterocycles. The van der Waals surface area contributed by atoms with Gasteiger partial charge in [-0.1, -0.05) is 0 Å². The van der Waals surface area contributed by atoms with Crippen LogP contribution >= 0.6 is 0 Å². The number of rotatable bonds is 5. The van der Waals surface area contributed by atoms with E-state index in [-0.39, 0.29) is 12.6 Å². The van der Waals surface area contributed by atoms with Gasteiger partial charge in [0.25, 0.3) is 0 Å². The molecule has 0 heterocycles. The van der Waals surface area contributed by atoms with Crippen molar-refractivity contribution in [1.29, 1.82) is 0 Å². The molecule has 0 fully saturated rings. The molecule has 0 saturated carbocycles. The Morgan fingerprint density at radius 1 is 1.23 bits per heavy atom. The van der Waals surface area contributed by atoms with Gasteiger partial charge in [-0.2, -0.15) is 0 Å². The van der Waals surface area contributed by atoms with Crippen molar-refractivity contribution < 1.29 is 20.5 Å².